The first-order chi connectivity index (χ1) is 4.46. The summed E-state index contributed by atoms with van der Waals surface area (Å²) in [4.78, 5) is 10.9. The molecule has 0 aromatic rings. The Morgan fingerprint density at radius 3 is 2.00 bits per heavy atom. The van der Waals surface area contributed by atoms with Crippen molar-refractivity contribution in [1.82, 2.24) is 5.01 Å². The van der Waals surface area contributed by atoms with Gasteiger partial charge in [-0.15, -0.1) is 0 Å². The Morgan fingerprint density at radius 2 is 1.90 bits per heavy atom. The lowest BCUT2D eigenvalue weighted by Crippen LogP contribution is -2.34. The van der Waals surface area contributed by atoms with Crippen molar-refractivity contribution in [2.75, 3.05) is 7.05 Å². The van der Waals surface area contributed by atoms with E-state index in [0.717, 1.165) is 5.01 Å². The van der Waals surface area contributed by atoms with Gasteiger partial charge in [0.2, 0.25) is 5.76 Å². The van der Waals surface area contributed by atoms with Gasteiger partial charge >= 0.3 is 0 Å². The van der Waals surface area contributed by atoms with Crippen LogP contribution in [-0.2, 0) is 4.79 Å². The van der Waals surface area contributed by atoms with E-state index < -0.39 is 0 Å². The van der Waals surface area contributed by atoms with Crippen molar-refractivity contribution in [3.63, 3.8) is 0 Å². The number of carbonyl (C=O) groups excluding carboxylic acids is 1. The highest BCUT2D eigenvalue weighted by Gasteiger charge is 2.11. The standard InChI is InChI=1S/C6H12N2O2/c1-4(5(2)9)6(10)8(3)7/h9H,7H2,1-3H3/p+1/b5-4+. The Bertz CT molecular complexity index is 169. The van der Waals surface area contributed by atoms with Crippen molar-refractivity contribution < 1.29 is 9.90 Å². The van der Waals surface area contributed by atoms with Gasteiger partial charge in [-0.05, 0) is 6.92 Å². The van der Waals surface area contributed by atoms with Crippen molar-refractivity contribution in [1.29, 1.82) is 0 Å². The monoisotopic (exact) mass is 145 g/mol. The van der Waals surface area contributed by atoms with Crippen molar-refractivity contribution in [3.05, 3.63) is 11.3 Å². The molecule has 0 unspecified atom stereocenters. The summed E-state index contributed by atoms with van der Waals surface area (Å²) in [6.45, 7) is 3.13. The molecule has 0 saturated carbocycles. The molecular weight excluding hydrogens is 132 g/mol. The van der Waals surface area contributed by atoms with E-state index >= 15 is 0 Å². The fourth-order valence-electron chi connectivity index (χ4n) is 0.425. The molecule has 0 aromatic heterocycles. The Balaban J connectivity index is 4.38. The minimum Gasteiger partial charge on any atom is -0.596 e. The van der Waals surface area contributed by atoms with E-state index in [-0.39, 0.29) is 11.7 Å². The normalized spacial score (nSPS) is 12.4. The predicted octanol–water partition coefficient (Wildman–Crippen LogP) is -0.663. The highest BCUT2D eigenvalue weighted by atomic mass is 16.3. The number of carbonyl (C=O) groups is 1. The van der Waals surface area contributed by atoms with E-state index in [1.165, 1.54) is 7.05 Å². The van der Waals surface area contributed by atoms with Gasteiger partial charge in [0, 0.05) is 14.0 Å². The molecule has 0 aliphatic rings. The van der Waals surface area contributed by atoms with Crippen LogP contribution in [0.5, 0.6) is 0 Å². The second-order valence-electron chi connectivity index (χ2n) is 2.17. The maximum absolute atomic E-state index is 10.9. The molecule has 0 saturated heterocycles. The third-order valence-corrected chi connectivity index (χ3v) is 1.20. The number of rotatable bonds is 1. The van der Waals surface area contributed by atoms with E-state index in [2.05, 4.69) is 0 Å². The summed E-state index contributed by atoms with van der Waals surface area (Å²) in [5.74, 6) is 5.08. The zero-order valence-corrected chi connectivity index (χ0v) is 6.43. The van der Waals surface area contributed by atoms with Gasteiger partial charge in [-0.2, -0.15) is 0 Å². The number of hydrogen-bond donors (Lipinski definition) is 1. The minimum absolute atomic E-state index is 0.252. The molecule has 0 bridgehead atoms. The lowest BCUT2D eigenvalue weighted by Gasteiger charge is -2.08. The fraction of sp³-hybridized carbons (Fsp3) is 0.500. The van der Waals surface area contributed by atoms with Crippen molar-refractivity contribution in [2.24, 2.45) is 5.84 Å². The van der Waals surface area contributed by atoms with Crippen molar-refractivity contribution >= 4 is 5.91 Å². The molecule has 10 heavy (non-hydrogen) atoms. The molecule has 0 rings (SSSR count). The predicted molar refractivity (Wildman–Crippen MR) is 38.9 cm³/mol. The minimum atomic E-state index is -0.312. The molecule has 0 aliphatic carbocycles. The van der Waals surface area contributed by atoms with E-state index in [0.29, 0.717) is 5.57 Å². The van der Waals surface area contributed by atoms with E-state index in [1.54, 1.807) is 13.8 Å². The first-order valence-electron chi connectivity index (χ1n) is 2.88. The van der Waals surface area contributed by atoms with Gasteiger partial charge < -0.3 is 5.11 Å². The van der Waals surface area contributed by atoms with Crippen molar-refractivity contribution in [3.8, 4) is 0 Å². The number of allylic oxidation sites excluding steroid dienone is 1. The van der Waals surface area contributed by atoms with Crippen LogP contribution in [0.2, 0.25) is 0 Å². The summed E-state index contributed by atoms with van der Waals surface area (Å²) < 4.78 is 0. The molecule has 1 amide bonds. The third kappa shape index (κ3) is 2.06. The smallest absolute Gasteiger partial charge is 0.271 e. The maximum Gasteiger partial charge on any atom is 0.271 e. The van der Waals surface area contributed by atoms with Crippen LogP contribution in [0.4, 0.5) is 0 Å². The summed E-state index contributed by atoms with van der Waals surface area (Å²) in [6, 6.07) is 0. The number of likely N-dealkylation sites (N-methyl/N-ethyl adjacent to an activating group) is 1. The van der Waals surface area contributed by atoms with Gasteiger partial charge in [-0.25, -0.2) is 5.84 Å². The molecule has 4 nitrogen and oxygen atoms in total. The Hall–Kier alpha value is -1.03. The fourth-order valence-corrected chi connectivity index (χ4v) is 0.425. The number of nitrogens with two attached hydrogens (primary N) is 1. The summed E-state index contributed by atoms with van der Waals surface area (Å²) in [5, 5.41) is 8.05. The molecule has 0 fully saturated rings. The lowest BCUT2D eigenvalue weighted by molar-refractivity contribution is -0.126. The average molecular weight is 145 g/mol. The van der Waals surface area contributed by atoms with Crippen LogP contribution < -0.4 is 5.84 Å². The summed E-state index contributed by atoms with van der Waals surface area (Å²) >= 11 is 0. The van der Waals surface area contributed by atoms with Crippen molar-refractivity contribution in [2.45, 2.75) is 13.8 Å². The summed E-state index contributed by atoms with van der Waals surface area (Å²) in [6.07, 6.45) is 0. The van der Waals surface area contributed by atoms with E-state index in [9.17, 15) is 4.79 Å². The number of hydrogen-bond acceptors (Lipinski definition) is 2. The molecular formula is C6H13N2O2+. The van der Waals surface area contributed by atoms with E-state index in [1.807, 2.05) is 0 Å². The number of amides is 1. The second kappa shape index (κ2) is 3.22. The zero-order chi connectivity index (χ0) is 8.31. The van der Waals surface area contributed by atoms with Crippen LogP contribution in [0, 0.1) is 0 Å². The van der Waals surface area contributed by atoms with Crippen LogP contribution in [0.1, 0.15) is 13.8 Å². The highest BCUT2D eigenvalue weighted by molar-refractivity contribution is 5.92. The third-order valence-electron chi connectivity index (χ3n) is 1.20. The van der Waals surface area contributed by atoms with Crippen LogP contribution in [0.3, 0.4) is 0 Å². The summed E-state index contributed by atoms with van der Waals surface area (Å²) in [7, 11) is 1.45. The first-order valence-corrected chi connectivity index (χ1v) is 2.88. The topological polar surface area (TPSA) is 69.2 Å². The molecule has 0 aliphatic heterocycles. The van der Waals surface area contributed by atoms with Crippen LogP contribution in [-0.4, -0.2) is 23.1 Å². The summed E-state index contributed by atoms with van der Waals surface area (Å²) in [5.41, 5.74) is 0.380. The molecule has 0 aromatic carbocycles. The van der Waals surface area contributed by atoms with E-state index in [4.69, 9.17) is 10.9 Å². The van der Waals surface area contributed by atoms with Gasteiger partial charge in [0.15, 0.2) is 0 Å². The molecule has 0 radical (unpaired) electrons. The molecule has 4 heteroatoms. The SMILES string of the molecule is C/C([OH2+])=C(/C)C(=O)N(C)N. The average Bonchev–Trinajstić information content (AvgIpc) is 1.84. The maximum atomic E-state index is 10.9. The van der Waals surface area contributed by atoms with Gasteiger partial charge in [0.1, 0.15) is 5.57 Å². The molecule has 4 N–H and O–H groups in total. The Labute approximate surface area is 59.9 Å². The van der Waals surface area contributed by atoms with Crippen LogP contribution in [0.25, 0.3) is 0 Å². The highest BCUT2D eigenvalue weighted by Crippen LogP contribution is 2.00. The molecule has 0 heterocycles. The van der Waals surface area contributed by atoms with Gasteiger partial charge in [0.25, 0.3) is 5.91 Å². The largest absolute Gasteiger partial charge is 0.596 e. The van der Waals surface area contributed by atoms with Gasteiger partial charge in [-0.3, -0.25) is 9.80 Å². The lowest BCUT2D eigenvalue weighted by atomic mass is 10.2. The second-order valence-corrected chi connectivity index (χ2v) is 2.17. The van der Waals surface area contributed by atoms with Crippen LogP contribution in [0.15, 0.2) is 11.3 Å². The zero-order valence-electron chi connectivity index (χ0n) is 6.43. The Morgan fingerprint density at radius 1 is 1.50 bits per heavy atom. The number of hydrazine groups is 1. The molecule has 58 valence electrons. The van der Waals surface area contributed by atoms with Gasteiger partial charge in [-0.1, -0.05) is 0 Å². The quantitative estimate of drug-likeness (QED) is 0.133. The Kier molecular flexibility index (Phi) is 2.89. The number of nitrogens with zero attached hydrogens (tertiary/aromatic N) is 1. The molecule has 0 atom stereocenters. The van der Waals surface area contributed by atoms with Gasteiger partial charge in [0.05, 0.1) is 0 Å². The van der Waals surface area contributed by atoms with Crippen LogP contribution >= 0.6 is 0 Å². The molecule has 0 spiro atoms. The first kappa shape index (κ1) is 8.97.